The fourth-order valence-corrected chi connectivity index (χ4v) is 2.87. The van der Waals surface area contributed by atoms with Gasteiger partial charge in [-0.05, 0) is 54.5 Å². The highest BCUT2D eigenvalue weighted by Crippen LogP contribution is 2.29. The van der Waals surface area contributed by atoms with Crippen molar-refractivity contribution in [3.63, 3.8) is 0 Å². The summed E-state index contributed by atoms with van der Waals surface area (Å²) in [5.41, 5.74) is -5.88. The van der Waals surface area contributed by atoms with Crippen molar-refractivity contribution in [3.05, 3.63) is 65.7 Å². The maximum absolute atomic E-state index is 12.7. The second-order valence-corrected chi connectivity index (χ2v) is 7.02. The van der Waals surface area contributed by atoms with Crippen LogP contribution in [0.15, 0.2) is 54.6 Å². The molecule has 2 aromatic carbocycles. The third-order valence-electron chi connectivity index (χ3n) is 4.85. The van der Waals surface area contributed by atoms with Gasteiger partial charge in [-0.3, -0.25) is 14.4 Å². The van der Waals surface area contributed by atoms with Crippen molar-refractivity contribution in [3.8, 4) is 17.2 Å². The number of ketones is 3. The Kier molecular flexibility index (Phi) is 7.32. The summed E-state index contributed by atoms with van der Waals surface area (Å²) in [6.45, 7) is -0.673. The van der Waals surface area contributed by atoms with Crippen LogP contribution in [0.5, 0.6) is 17.2 Å². The number of benzene rings is 2. The Balaban J connectivity index is 2.39. The molecule has 2 aromatic rings. The molecular weight excluding hydrogens is 420 g/mol. The molecule has 0 amide bonds. The van der Waals surface area contributed by atoms with Crippen LogP contribution in [0.1, 0.15) is 18.1 Å². The fraction of sp³-hybridized carbons (Fsp3) is 0.174. The predicted molar refractivity (Wildman–Crippen MR) is 114 cm³/mol. The molecule has 0 spiro atoms. The quantitative estimate of drug-likeness (QED) is 0.186. The SMILES string of the molecule is CC(=O)C(O)(C(=O)/C=C/c1ccc(O)cc1)C(O)(CO)C(=O)/C=C/c1ccc(O)c(O)c1. The normalized spacial score (nSPS) is 15.4. The predicted octanol–water partition coefficient (Wildman–Crippen LogP) is 0.712. The van der Waals surface area contributed by atoms with E-state index in [1.807, 2.05) is 0 Å². The fourth-order valence-electron chi connectivity index (χ4n) is 2.87. The first-order valence-corrected chi connectivity index (χ1v) is 9.28. The molecule has 0 aliphatic rings. The van der Waals surface area contributed by atoms with E-state index in [9.17, 15) is 45.0 Å². The number of phenolic OH excluding ortho intramolecular Hbond substituents is 3. The minimum atomic E-state index is -3.30. The number of phenols is 3. The average Bonchev–Trinajstić information content (AvgIpc) is 2.77. The summed E-state index contributed by atoms with van der Waals surface area (Å²) in [4.78, 5) is 37.5. The van der Waals surface area contributed by atoms with E-state index in [-0.39, 0.29) is 11.3 Å². The number of aliphatic hydroxyl groups excluding tert-OH is 1. The molecule has 32 heavy (non-hydrogen) atoms. The lowest BCUT2D eigenvalue weighted by atomic mass is 9.74. The maximum atomic E-state index is 12.7. The summed E-state index contributed by atoms with van der Waals surface area (Å²) in [5.74, 6) is -4.89. The van der Waals surface area contributed by atoms with Gasteiger partial charge in [0.15, 0.2) is 34.4 Å². The van der Waals surface area contributed by atoms with Crippen molar-refractivity contribution in [2.75, 3.05) is 6.61 Å². The van der Waals surface area contributed by atoms with Gasteiger partial charge in [0.2, 0.25) is 5.60 Å². The summed E-state index contributed by atoms with van der Waals surface area (Å²) in [5, 5.41) is 59.4. The molecule has 0 saturated carbocycles. The van der Waals surface area contributed by atoms with E-state index in [0.717, 1.165) is 31.2 Å². The van der Waals surface area contributed by atoms with Crippen molar-refractivity contribution in [2.45, 2.75) is 18.1 Å². The number of carbonyl (C=O) groups is 3. The van der Waals surface area contributed by atoms with Crippen molar-refractivity contribution in [2.24, 2.45) is 0 Å². The topological polar surface area (TPSA) is 173 Å². The van der Waals surface area contributed by atoms with Crippen LogP contribution in [-0.2, 0) is 14.4 Å². The number of hydrogen-bond donors (Lipinski definition) is 6. The monoisotopic (exact) mass is 442 g/mol. The molecule has 9 heteroatoms. The van der Waals surface area contributed by atoms with Gasteiger partial charge >= 0.3 is 0 Å². The standard InChI is InChI=1S/C23H22O9/c1-14(25)23(32,21(30)11-5-15-2-7-17(26)8-3-15)22(31,13-24)20(29)10-6-16-4-9-18(27)19(28)12-16/h2-12,24,26-28,31-32H,13H2,1H3/b10-6+,11-5+. The van der Waals surface area contributed by atoms with Gasteiger partial charge in [0, 0.05) is 0 Å². The highest BCUT2D eigenvalue weighted by Gasteiger charge is 2.60. The molecule has 9 nitrogen and oxygen atoms in total. The van der Waals surface area contributed by atoms with E-state index in [1.54, 1.807) is 0 Å². The van der Waals surface area contributed by atoms with Gasteiger partial charge in [0.25, 0.3) is 0 Å². The largest absolute Gasteiger partial charge is 0.508 e. The summed E-state index contributed by atoms with van der Waals surface area (Å²) >= 11 is 0. The van der Waals surface area contributed by atoms with Crippen LogP contribution in [0.4, 0.5) is 0 Å². The number of hydrogen-bond acceptors (Lipinski definition) is 9. The molecule has 0 saturated heterocycles. The molecule has 0 aliphatic carbocycles. The number of aliphatic hydroxyl groups is 3. The van der Waals surface area contributed by atoms with E-state index in [4.69, 9.17) is 0 Å². The van der Waals surface area contributed by atoms with Gasteiger partial charge in [-0.1, -0.05) is 30.4 Å². The van der Waals surface area contributed by atoms with Gasteiger partial charge in [-0.2, -0.15) is 0 Å². The second-order valence-electron chi connectivity index (χ2n) is 7.02. The van der Waals surface area contributed by atoms with Crippen molar-refractivity contribution >= 4 is 29.5 Å². The zero-order valence-corrected chi connectivity index (χ0v) is 17.0. The first-order chi connectivity index (χ1) is 15.0. The summed E-state index contributed by atoms with van der Waals surface area (Å²) in [6, 6.07) is 9.10. The molecule has 0 aromatic heterocycles. The van der Waals surface area contributed by atoms with Gasteiger partial charge in [0.05, 0.1) is 6.61 Å². The first-order valence-electron chi connectivity index (χ1n) is 9.28. The van der Waals surface area contributed by atoms with Crippen LogP contribution in [0.3, 0.4) is 0 Å². The Morgan fingerprint density at radius 3 is 1.88 bits per heavy atom. The van der Waals surface area contributed by atoms with Crippen molar-refractivity contribution in [1.82, 2.24) is 0 Å². The molecule has 6 N–H and O–H groups in total. The van der Waals surface area contributed by atoms with Crippen LogP contribution in [0.25, 0.3) is 12.2 Å². The Bertz CT molecular complexity index is 1090. The molecule has 0 aliphatic heterocycles. The van der Waals surface area contributed by atoms with Crippen molar-refractivity contribution in [1.29, 1.82) is 0 Å². The molecule has 0 fully saturated rings. The second kappa shape index (κ2) is 9.56. The van der Waals surface area contributed by atoms with Crippen LogP contribution in [-0.4, -0.2) is 65.8 Å². The van der Waals surface area contributed by atoms with E-state index in [2.05, 4.69) is 0 Å². The Morgan fingerprint density at radius 1 is 0.812 bits per heavy atom. The summed E-state index contributed by atoms with van der Waals surface area (Å²) in [7, 11) is 0. The maximum Gasteiger partial charge on any atom is 0.223 e. The highest BCUT2D eigenvalue weighted by molar-refractivity contribution is 6.21. The molecular formula is C23H22O9. The number of carbonyl (C=O) groups excluding carboxylic acids is 3. The van der Waals surface area contributed by atoms with E-state index >= 15 is 0 Å². The van der Waals surface area contributed by atoms with Crippen LogP contribution in [0, 0.1) is 0 Å². The van der Waals surface area contributed by atoms with Gasteiger partial charge in [0.1, 0.15) is 5.75 Å². The van der Waals surface area contributed by atoms with E-state index in [1.165, 1.54) is 36.4 Å². The summed E-state index contributed by atoms with van der Waals surface area (Å²) < 4.78 is 0. The van der Waals surface area contributed by atoms with Crippen LogP contribution >= 0.6 is 0 Å². The lowest BCUT2D eigenvalue weighted by Crippen LogP contribution is -2.68. The minimum absolute atomic E-state index is 0.0253. The first kappa shape index (κ1) is 24.5. The summed E-state index contributed by atoms with van der Waals surface area (Å²) in [6.07, 6.45) is 3.75. The smallest absolute Gasteiger partial charge is 0.223 e. The van der Waals surface area contributed by atoms with Crippen LogP contribution < -0.4 is 0 Å². The lowest BCUT2D eigenvalue weighted by Gasteiger charge is -2.36. The molecule has 0 bridgehead atoms. The molecule has 2 rings (SSSR count). The zero-order valence-electron chi connectivity index (χ0n) is 17.0. The lowest BCUT2D eigenvalue weighted by molar-refractivity contribution is -0.188. The van der Waals surface area contributed by atoms with E-state index < -0.39 is 46.7 Å². The molecule has 0 radical (unpaired) electrons. The van der Waals surface area contributed by atoms with Gasteiger partial charge in [-0.25, -0.2) is 0 Å². The molecule has 168 valence electrons. The molecule has 2 unspecified atom stereocenters. The Morgan fingerprint density at radius 2 is 1.34 bits per heavy atom. The average molecular weight is 442 g/mol. The van der Waals surface area contributed by atoms with Gasteiger partial charge < -0.3 is 30.6 Å². The third-order valence-corrected chi connectivity index (χ3v) is 4.85. The zero-order chi connectivity index (χ0) is 24.1. The van der Waals surface area contributed by atoms with Crippen LogP contribution in [0.2, 0.25) is 0 Å². The number of aromatic hydroxyl groups is 3. The number of Topliss-reactive ketones (excluding diaryl/α,β-unsaturated/α-hetero) is 1. The van der Waals surface area contributed by atoms with E-state index in [0.29, 0.717) is 11.6 Å². The third kappa shape index (κ3) is 4.75. The number of rotatable bonds is 9. The van der Waals surface area contributed by atoms with Crippen molar-refractivity contribution < 1.29 is 45.0 Å². The molecule has 2 atom stereocenters. The molecule has 0 heterocycles. The highest BCUT2D eigenvalue weighted by atomic mass is 16.4. The minimum Gasteiger partial charge on any atom is -0.508 e. The Hall–Kier alpha value is -3.79. The Labute approximate surface area is 182 Å². The van der Waals surface area contributed by atoms with Gasteiger partial charge in [-0.15, -0.1) is 0 Å².